The summed E-state index contributed by atoms with van der Waals surface area (Å²) in [5.41, 5.74) is 0.273. The summed E-state index contributed by atoms with van der Waals surface area (Å²) in [7, 11) is 4.30. The largest absolute Gasteiger partial charge is 0.493 e. The molecule has 0 atom stereocenters. The molecular formula is C18H19Cl2NO8. The lowest BCUT2D eigenvalue weighted by Gasteiger charge is -2.15. The molecule has 11 heteroatoms. The van der Waals surface area contributed by atoms with Gasteiger partial charge in [-0.15, -0.1) is 0 Å². The molecule has 1 N–H and O–H groups in total. The van der Waals surface area contributed by atoms with Gasteiger partial charge >= 0.3 is 11.9 Å². The maximum absolute atomic E-state index is 12.4. The molecule has 0 amide bonds. The minimum absolute atomic E-state index is 0.0614. The summed E-state index contributed by atoms with van der Waals surface area (Å²) < 4.78 is 21.9. The number of rotatable bonds is 9. The Balaban J connectivity index is 2.78. The molecule has 1 aromatic heterocycles. The number of carboxylic acids is 1. The van der Waals surface area contributed by atoms with Crippen LogP contribution in [0.1, 0.15) is 17.4 Å². The minimum Gasteiger partial charge on any atom is -0.493 e. The maximum atomic E-state index is 12.4. The van der Waals surface area contributed by atoms with E-state index in [0.29, 0.717) is 11.3 Å². The van der Waals surface area contributed by atoms with Crippen molar-refractivity contribution < 1.29 is 38.5 Å². The van der Waals surface area contributed by atoms with Crippen LogP contribution < -0.4 is 19.0 Å². The highest BCUT2D eigenvalue weighted by molar-refractivity contribution is 6.41. The Morgan fingerprint density at radius 2 is 1.72 bits per heavy atom. The molecule has 1 heterocycles. The van der Waals surface area contributed by atoms with E-state index in [9.17, 15) is 9.59 Å². The molecule has 1 aromatic carbocycles. The number of hydrogen-bond acceptors (Lipinski definition) is 7. The standard InChI is InChI=1S/C18H19Cl2NO8/c1-5-28-18(24)14-13(19)12(17(20)21(14)29-8-11(22)23)9-6-7-10(25-2)16(27-4)15(9)26-3/h6-7H,5,8H2,1-4H3,(H,22,23). The summed E-state index contributed by atoms with van der Waals surface area (Å²) in [5, 5.41) is 8.66. The monoisotopic (exact) mass is 447 g/mol. The van der Waals surface area contributed by atoms with E-state index in [1.54, 1.807) is 19.1 Å². The highest BCUT2D eigenvalue weighted by Gasteiger charge is 2.31. The Hall–Kier alpha value is -2.78. The molecule has 0 saturated heterocycles. The molecule has 158 valence electrons. The van der Waals surface area contributed by atoms with Crippen LogP contribution in [0.15, 0.2) is 12.1 Å². The zero-order valence-electron chi connectivity index (χ0n) is 16.1. The molecule has 0 unspecified atom stereocenters. The number of aromatic nitrogens is 1. The molecule has 0 aliphatic heterocycles. The van der Waals surface area contributed by atoms with Crippen molar-refractivity contribution >= 4 is 35.1 Å². The predicted octanol–water partition coefficient (Wildman–Crippen LogP) is 3.18. The van der Waals surface area contributed by atoms with Crippen molar-refractivity contribution in [2.75, 3.05) is 34.5 Å². The number of nitrogens with zero attached hydrogens (tertiary/aromatic N) is 1. The summed E-state index contributed by atoms with van der Waals surface area (Å²) in [5.74, 6) is -1.20. The average Bonchev–Trinajstić information content (AvgIpc) is 2.94. The second-order valence-corrected chi connectivity index (χ2v) is 6.13. The zero-order chi connectivity index (χ0) is 21.7. The van der Waals surface area contributed by atoms with Gasteiger partial charge in [0.1, 0.15) is 0 Å². The van der Waals surface area contributed by atoms with Gasteiger partial charge in [0.2, 0.25) is 12.4 Å². The van der Waals surface area contributed by atoms with E-state index in [2.05, 4.69) is 0 Å². The van der Waals surface area contributed by atoms with Crippen LogP contribution in [0.25, 0.3) is 11.1 Å². The lowest BCUT2D eigenvalue weighted by molar-refractivity contribution is -0.142. The number of benzene rings is 1. The van der Waals surface area contributed by atoms with Crippen LogP contribution in [-0.2, 0) is 9.53 Å². The van der Waals surface area contributed by atoms with Gasteiger partial charge in [0.15, 0.2) is 22.3 Å². The number of ether oxygens (including phenoxy) is 4. The number of halogens is 2. The van der Waals surface area contributed by atoms with Crippen LogP contribution in [-0.4, -0.2) is 56.3 Å². The summed E-state index contributed by atoms with van der Waals surface area (Å²) in [6.45, 7) is 0.905. The van der Waals surface area contributed by atoms with Gasteiger partial charge in [0, 0.05) is 11.1 Å². The van der Waals surface area contributed by atoms with Gasteiger partial charge in [-0.2, -0.15) is 4.73 Å². The number of carbonyl (C=O) groups is 2. The molecule has 29 heavy (non-hydrogen) atoms. The molecule has 0 radical (unpaired) electrons. The van der Waals surface area contributed by atoms with Gasteiger partial charge in [0.05, 0.1) is 33.0 Å². The third-order valence-electron chi connectivity index (χ3n) is 3.77. The molecule has 0 aliphatic rings. The van der Waals surface area contributed by atoms with E-state index in [1.165, 1.54) is 21.3 Å². The van der Waals surface area contributed by atoms with Crippen molar-refractivity contribution in [3.05, 3.63) is 28.0 Å². The molecule has 0 spiro atoms. The highest BCUT2D eigenvalue weighted by Crippen LogP contribution is 2.49. The normalized spacial score (nSPS) is 10.4. The quantitative estimate of drug-likeness (QED) is 0.584. The van der Waals surface area contributed by atoms with Crippen molar-refractivity contribution in [3.63, 3.8) is 0 Å². The third-order valence-corrected chi connectivity index (χ3v) is 4.49. The van der Waals surface area contributed by atoms with Crippen molar-refractivity contribution in [2.24, 2.45) is 0 Å². The van der Waals surface area contributed by atoms with E-state index < -0.39 is 18.5 Å². The molecule has 9 nitrogen and oxygen atoms in total. The second-order valence-electron chi connectivity index (χ2n) is 5.39. The fourth-order valence-electron chi connectivity index (χ4n) is 2.64. The Labute approximate surface area is 176 Å². The zero-order valence-corrected chi connectivity index (χ0v) is 17.6. The van der Waals surface area contributed by atoms with Crippen molar-refractivity contribution in [3.8, 4) is 28.4 Å². The smallest absolute Gasteiger partial charge is 0.360 e. The number of methoxy groups -OCH3 is 3. The molecule has 2 rings (SSSR count). The van der Waals surface area contributed by atoms with Crippen molar-refractivity contribution in [1.29, 1.82) is 0 Å². The fourth-order valence-corrected chi connectivity index (χ4v) is 3.36. The van der Waals surface area contributed by atoms with E-state index >= 15 is 0 Å². The van der Waals surface area contributed by atoms with Crippen LogP contribution in [0.3, 0.4) is 0 Å². The van der Waals surface area contributed by atoms with Gasteiger partial charge in [-0.05, 0) is 19.1 Å². The summed E-state index contributed by atoms with van der Waals surface area (Å²) in [6.07, 6.45) is 0. The van der Waals surface area contributed by atoms with Crippen LogP contribution in [0, 0.1) is 0 Å². The first-order valence-corrected chi connectivity index (χ1v) is 8.99. The van der Waals surface area contributed by atoms with Gasteiger partial charge in [0.25, 0.3) is 0 Å². The highest BCUT2D eigenvalue weighted by atomic mass is 35.5. The summed E-state index contributed by atoms with van der Waals surface area (Å²) >= 11 is 12.9. The summed E-state index contributed by atoms with van der Waals surface area (Å²) in [4.78, 5) is 28.5. The lowest BCUT2D eigenvalue weighted by atomic mass is 10.1. The topological polar surface area (TPSA) is 105 Å². The van der Waals surface area contributed by atoms with Gasteiger partial charge in [-0.1, -0.05) is 23.2 Å². The Morgan fingerprint density at radius 3 is 2.24 bits per heavy atom. The van der Waals surface area contributed by atoms with Crippen LogP contribution in [0.5, 0.6) is 17.2 Å². The van der Waals surface area contributed by atoms with E-state index in [-0.39, 0.29) is 39.5 Å². The van der Waals surface area contributed by atoms with Gasteiger partial charge in [-0.3, -0.25) is 0 Å². The average molecular weight is 448 g/mol. The van der Waals surface area contributed by atoms with Gasteiger partial charge in [-0.25, -0.2) is 9.59 Å². The van der Waals surface area contributed by atoms with E-state index in [4.69, 9.17) is 52.1 Å². The van der Waals surface area contributed by atoms with E-state index in [0.717, 1.165) is 4.73 Å². The van der Waals surface area contributed by atoms with Crippen LogP contribution >= 0.6 is 23.2 Å². The first-order chi connectivity index (χ1) is 13.8. The van der Waals surface area contributed by atoms with Gasteiger partial charge < -0.3 is 28.9 Å². The molecule has 0 bridgehead atoms. The Bertz CT molecular complexity index is 925. The lowest BCUT2D eigenvalue weighted by Crippen LogP contribution is -2.24. The number of esters is 1. The van der Waals surface area contributed by atoms with Crippen LogP contribution in [0.4, 0.5) is 0 Å². The van der Waals surface area contributed by atoms with Crippen molar-refractivity contribution in [2.45, 2.75) is 6.92 Å². The maximum Gasteiger partial charge on any atom is 0.360 e. The number of hydrogen-bond donors (Lipinski definition) is 1. The number of aliphatic carboxylic acids is 1. The number of carboxylic acid groups (broad SMARTS) is 1. The third kappa shape index (κ3) is 4.30. The molecular weight excluding hydrogens is 429 g/mol. The molecule has 0 fully saturated rings. The second kappa shape index (κ2) is 9.62. The predicted molar refractivity (Wildman–Crippen MR) is 105 cm³/mol. The minimum atomic E-state index is -1.27. The molecule has 2 aromatic rings. The molecule has 0 aliphatic carbocycles. The Morgan fingerprint density at radius 1 is 1.07 bits per heavy atom. The van der Waals surface area contributed by atoms with E-state index in [1.807, 2.05) is 0 Å². The first kappa shape index (κ1) is 22.5. The fraction of sp³-hybridized carbons (Fsp3) is 0.333. The van der Waals surface area contributed by atoms with Crippen molar-refractivity contribution in [1.82, 2.24) is 4.73 Å². The Kier molecular flexibility index (Phi) is 7.46. The SMILES string of the molecule is CCOC(=O)c1c(Cl)c(-c2ccc(OC)c(OC)c2OC)c(Cl)n1OCC(=O)O. The summed E-state index contributed by atoms with van der Waals surface area (Å²) in [6, 6.07) is 3.20. The first-order valence-electron chi connectivity index (χ1n) is 8.23. The number of carbonyl (C=O) groups excluding carboxylic acids is 1. The molecule has 0 saturated carbocycles. The van der Waals surface area contributed by atoms with Crippen LogP contribution in [0.2, 0.25) is 10.2 Å².